The molecular weight excluding hydrogens is 230 g/mol. The van der Waals surface area contributed by atoms with Crippen molar-refractivity contribution in [2.45, 2.75) is 50.3 Å². The lowest BCUT2D eigenvalue weighted by Gasteiger charge is -2.31. The molecular formula is C14H21NOS. The van der Waals surface area contributed by atoms with Crippen molar-refractivity contribution in [3.05, 3.63) is 28.8 Å². The zero-order chi connectivity index (χ0) is 12.6. The summed E-state index contributed by atoms with van der Waals surface area (Å²) in [7, 11) is -0.844. The van der Waals surface area contributed by atoms with Crippen LogP contribution < -0.4 is 5.32 Å². The minimum Gasteiger partial charge on any atom is -0.310 e. The quantitative estimate of drug-likeness (QED) is 0.875. The second kappa shape index (κ2) is 4.91. The maximum absolute atomic E-state index is 12.4. The molecule has 0 radical (unpaired) electrons. The molecule has 2 nitrogen and oxygen atoms in total. The molecule has 1 aliphatic rings. The number of hydrogen-bond acceptors (Lipinski definition) is 2. The lowest BCUT2D eigenvalue weighted by molar-refractivity contribution is 0.489. The van der Waals surface area contributed by atoms with Crippen molar-refractivity contribution in [1.82, 2.24) is 5.32 Å². The Morgan fingerprint density at radius 3 is 2.76 bits per heavy atom. The molecule has 1 aromatic carbocycles. The van der Waals surface area contributed by atoms with Crippen LogP contribution in [0.2, 0.25) is 0 Å². The molecule has 94 valence electrons. The SMILES string of the molecule is CCNC1CC(C)S(=O)c2c(C)cc(C)cc21. The van der Waals surface area contributed by atoms with Gasteiger partial charge in [0.2, 0.25) is 0 Å². The Hall–Kier alpha value is -0.670. The zero-order valence-corrected chi connectivity index (χ0v) is 11.9. The highest BCUT2D eigenvalue weighted by Crippen LogP contribution is 2.36. The number of nitrogens with one attached hydrogen (secondary N) is 1. The summed E-state index contributed by atoms with van der Waals surface area (Å²) < 4.78 is 12.4. The molecule has 1 aromatic rings. The van der Waals surface area contributed by atoms with Crippen molar-refractivity contribution < 1.29 is 4.21 Å². The molecule has 1 aliphatic heterocycles. The lowest BCUT2D eigenvalue weighted by Crippen LogP contribution is -2.32. The predicted molar refractivity (Wildman–Crippen MR) is 72.8 cm³/mol. The smallest absolute Gasteiger partial charge is 0.0564 e. The summed E-state index contributed by atoms with van der Waals surface area (Å²) in [6, 6.07) is 4.69. The van der Waals surface area contributed by atoms with E-state index in [0.29, 0.717) is 6.04 Å². The van der Waals surface area contributed by atoms with E-state index in [9.17, 15) is 4.21 Å². The Morgan fingerprint density at radius 2 is 2.12 bits per heavy atom. The highest BCUT2D eigenvalue weighted by Gasteiger charge is 2.30. The summed E-state index contributed by atoms with van der Waals surface area (Å²) in [6.45, 7) is 9.35. The third-order valence-corrected chi connectivity index (χ3v) is 5.29. The largest absolute Gasteiger partial charge is 0.310 e. The van der Waals surface area contributed by atoms with Crippen LogP contribution in [0.3, 0.4) is 0 Å². The lowest BCUT2D eigenvalue weighted by atomic mass is 9.97. The Morgan fingerprint density at radius 1 is 1.41 bits per heavy atom. The van der Waals surface area contributed by atoms with Crippen LogP contribution in [0.25, 0.3) is 0 Å². The molecule has 2 rings (SSSR count). The van der Waals surface area contributed by atoms with Crippen LogP contribution in [0.1, 0.15) is 43.0 Å². The zero-order valence-electron chi connectivity index (χ0n) is 11.0. The fraction of sp³-hybridized carbons (Fsp3) is 0.571. The van der Waals surface area contributed by atoms with Crippen molar-refractivity contribution in [2.75, 3.05) is 6.54 Å². The van der Waals surface area contributed by atoms with Crippen molar-refractivity contribution in [3.63, 3.8) is 0 Å². The molecule has 3 atom stereocenters. The second-order valence-electron chi connectivity index (χ2n) is 4.95. The Bertz CT molecular complexity index is 456. The van der Waals surface area contributed by atoms with Gasteiger partial charge < -0.3 is 5.32 Å². The van der Waals surface area contributed by atoms with Crippen LogP contribution >= 0.6 is 0 Å². The van der Waals surface area contributed by atoms with E-state index in [1.54, 1.807) is 0 Å². The van der Waals surface area contributed by atoms with E-state index < -0.39 is 10.8 Å². The van der Waals surface area contributed by atoms with Crippen molar-refractivity contribution in [1.29, 1.82) is 0 Å². The van der Waals surface area contributed by atoms with Crippen LogP contribution in [-0.2, 0) is 10.8 Å². The molecule has 0 saturated heterocycles. The van der Waals surface area contributed by atoms with E-state index >= 15 is 0 Å². The van der Waals surface area contributed by atoms with Gasteiger partial charge in [-0.3, -0.25) is 4.21 Å². The first kappa shape index (κ1) is 12.8. The molecule has 0 bridgehead atoms. The molecule has 0 aromatic heterocycles. The predicted octanol–water partition coefficient (Wildman–Crippen LogP) is 2.85. The van der Waals surface area contributed by atoms with Gasteiger partial charge in [0, 0.05) is 16.2 Å². The molecule has 0 amide bonds. The van der Waals surface area contributed by atoms with Gasteiger partial charge in [-0.15, -0.1) is 0 Å². The third-order valence-electron chi connectivity index (χ3n) is 3.41. The standard InChI is InChI=1S/C14H21NOS/c1-5-15-13-8-11(4)17(16)14-10(3)6-9(2)7-12(13)14/h6-7,11,13,15H,5,8H2,1-4H3. The van der Waals surface area contributed by atoms with E-state index in [4.69, 9.17) is 0 Å². The summed E-state index contributed by atoms with van der Waals surface area (Å²) in [5.74, 6) is 0. The fourth-order valence-corrected chi connectivity index (χ4v) is 4.29. The topological polar surface area (TPSA) is 29.1 Å². The highest BCUT2D eigenvalue weighted by atomic mass is 32.2. The van der Waals surface area contributed by atoms with E-state index in [0.717, 1.165) is 17.9 Å². The van der Waals surface area contributed by atoms with Gasteiger partial charge in [0.15, 0.2) is 0 Å². The van der Waals surface area contributed by atoms with Crippen LogP contribution in [0.15, 0.2) is 17.0 Å². The number of hydrogen-bond donors (Lipinski definition) is 1. The molecule has 0 spiro atoms. The molecule has 0 fully saturated rings. The van der Waals surface area contributed by atoms with E-state index in [1.807, 2.05) is 0 Å². The normalized spacial score (nSPS) is 27.9. The highest BCUT2D eigenvalue weighted by molar-refractivity contribution is 7.85. The van der Waals surface area contributed by atoms with Crippen LogP contribution in [-0.4, -0.2) is 16.0 Å². The van der Waals surface area contributed by atoms with Crippen molar-refractivity contribution >= 4 is 10.8 Å². The minimum absolute atomic E-state index is 0.243. The Kier molecular flexibility index (Phi) is 3.69. The van der Waals surface area contributed by atoms with Gasteiger partial charge in [-0.05, 0) is 37.9 Å². The maximum atomic E-state index is 12.4. The van der Waals surface area contributed by atoms with E-state index in [-0.39, 0.29) is 5.25 Å². The summed E-state index contributed by atoms with van der Waals surface area (Å²) in [4.78, 5) is 1.07. The Labute approximate surface area is 106 Å². The summed E-state index contributed by atoms with van der Waals surface area (Å²) in [5, 5.41) is 3.76. The van der Waals surface area contributed by atoms with Gasteiger partial charge in [0.05, 0.1) is 10.8 Å². The average molecular weight is 251 g/mol. The van der Waals surface area contributed by atoms with Gasteiger partial charge in [0.25, 0.3) is 0 Å². The molecule has 0 aliphatic carbocycles. The first-order valence-electron chi connectivity index (χ1n) is 6.29. The van der Waals surface area contributed by atoms with Crippen molar-refractivity contribution in [2.24, 2.45) is 0 Å². The average Bonchev–Trinajstić information content (AvgIpc) is 2.25. The summed E-state index contributed by atoms with van der Waals surface area (Å²) in [5.41, 5.74) is 3.68. The maximum Gasteiger partial charge on any atom is 0.0564 e. The van der Waals surface area contributed by atoms with Crippen LogP contribution in [0.5, 0.6) is 0 Å². The molecule has 3 heteroatoms. The van der Waals surface area contributed by atoms with Crippen LogP contribution in [0, 0.1) is 13.8 Å². The van der Waals surface area contributed by atoms with Crippen LogP contribution in [0.4, 0.5) is 0 Å². The van der Waals surface area contributed by atoms with Gasteiger partial charge in [0.1, 0.15) is 0 Å². The van der Waals surface area contributed by atoms with E-state index in [2.05, 4.69) is 45.1 Å². The monoisotopic (exact) mass is 251 g/mol. The van der Waals surface area contributed by atoms with Gasteiger partial charge in [-0.1, -0.05) is 31.5 Å². The number of fused-ring (bicyclic) bond motifs is 1. The molecule has 1 N–H and O–H groups in total. The Balaban J connectivity index is 2.55. The third kappa shape index (κ3) is 2.31. The fourth-order valence-electron chi connectivity index (χ4n) is 2.71. The molecule has 3 unspecified atom stereocenters. The summed E-state index contributed by atoms with van der Waals surface area (Å²) >= 11 is 0. The number of benzene rings is 1. The van der Waals surface area contributed by atoms with E-state index in [1.165, 1.54) is 16.7 Å². The first-order valence-corrected chi connectivity index (χ1v) is 7.51. The van der Waals surface area contributed by atoms with Gasteiger partial charge in [-0.2, -0.15) is 0 Å². The number of aryl methyl sites for hydroxylation is 2. The molecule has 1 heterocycles. The number of rotatable bonds is 2. The molecule has 17 heavy (non-hydrogen) atoms. The first-order chi connectivity index (χ1) is 8.04. The van der Waals surface area contributed by atoms with Crippen molar-refractivity contribution in [3.8, 4) is 0 Å². The van der Waals surface area contributed by atoms with Gasteiger partial charge >= 0.3 is 0 Å². The van der Waals surface area contributed by atoms with Gasteiger partial charge in [-0.25, -0.2) is 0 Å². The second-order valence-corrected chi connectivity index (χ2v) is 6.76. The molecule has 0 saturated carbocycles. The summed E-state index contributed by atoms with van der Waals surface area (Å²) in [6.07, 6.45) is 0.969. The minimum atomic E-state index is -0.844.